The predicted octanol–water partition coefficient (Wildman–Crippen LogP) is 3.72. The summed E-state index contributed by atoms with van der Waals surface area (Å²) in [6, 6.07) is 10.7. The second kappa shape index (κ2) is 8.10. The first-order valence-corrected chi connectivity index (χ1v) is 11.9. The molecule has 1 aliphatic heterocycles. The highest BCUT2D eigenvalue weighted by molar-refractivity contribution is 7.92. The van der Waals surface area contributed by atoms with Crippen molar-refractivity contribution in [1.82, 2.24) is 10.1 Å². The van der Waals surface area contributed by atoms with Crippen LogP contribution in [0.15, 0.2) is 51.9 Å². The van der Waals surface area contributed by atoms with Gasteiger partial charge in [0.15, 0.2) is 12.4 Å². The van der Waals surface area contributed by atoms with Gasteiger partial charge in [0.25, 0.3) is 15.9 Å². The van der Waals surface area contributed by atoms with Gasteiger partial charge in [-0.15, -0.1) is 0 Å². The molecule has 1 aromatic heterocycles. The van der Waals surface area contributed by atoms with Crippen molar-refractivity contribution in [2.75, 3.05) is 16.2 Å². The lowest BCUT2D eigenvalue weighted by Crippen LogP contribution is -2.38. The molecule has 1 N–H and O–H groups in total. The van der Waals surface area contributed by atoms with Gasteiger partial charge in [0.1, 0.15) is 5.75 Å². The lowest BCUT2D eigenvalue weighted by molar-refractivity contribution is -0.121. The Morgan fingerprint density at radius 1 is 1.19 bits per heavy atom. The molecular weight excluding hydrogens is 456 g/mol. The number of amides is 1. The van der Waals surface area contributed by atoms with E-state index in [1.807, 2.05) is 0 Å². The minimum absolute atomic E-state index is 0.0252. The third-order valence-corrected chi connectivity index (χ3v) is 7.11. The molecule has 0 unspecified atom stereocenters. The average Bonchev–Trinajstić information content (AvgIpc) is 3.16. The number of rotatable bonds is 6. The van der Waals surface area contributed by atoms with E-state index in [4.69, 9.17) is 20.9 Å². The number of anilines is 2. The molecule has 9 nitrogen and oxygen atoms in total. The molecule has 0 spiro atoms. The van der Waals surface area contributed by atoms with Crippen molar-refractivity contribution in [2.24, 2.45) is 0 Å². The maximum absolute atomic E-state index is 12.9. The number of ether oxygens (including phenoxy) is 1. The number of carbonyl (C=O) groups is 1. The Morgan fingerprint density at radius 2 is 2.03 bits per heavy atom. The predicted molar refractivity (Wildman–Crippen MR) is 116 cm³/mol. The van der Waals surface area contributed by atoms with Crippen molar-refractivity contribution in [1.29, 1.82) is 0 Å². The number of benzene rings is 2. The van der Waals surface area contributed by atoms with Crippen LogP contribution in [0.5, 0.6) is 5.75 Å². The normalized spacial score (nSPS) is 16.3. The van der Waals surface area contributed by atoms with Gasteiger partial charge in [-0.25, -0.2) is 8.42 Å². The van der Waals surface area contributed by atoms with Crippen LogP contribution >= 0.6 is 11.6 Å². The summed E-state index contributed by atoms with van der Waals surface area (Å²) in [5, 5.41) is 4.40. The standard InChI is InChI=1S/C21H19ClN4O5S/c22-14-5-2-6-15(9-14)25-32(28,29)16-7-8-18-17(10-16)26(20(27)12-30-18)11-19-23-21(31-24-19)13-3-1-4-13/h2,5-10,13,25H,1,3-4,11-12H2. The second-order valence-electron chi connectivity index (χ2n) is 7.69. The number of nitrogens with one attached hydrogen (secondary N) is 1. The van der Waals surface area contributed by atoms with Gasteiger partial charge in [-0.1, -0.05) is 29.2 Å². The third kappa shape index (κ3) is 4.03. The summed E-state index contributed by atoms with van der Waals surface area (Å²) in [6.45, 7) is -0.107. The quantitative estimate of drug-likeness (QED) is 0.579. The van der Waals surface area contributed by atoms with Crippen LogP contribution in [0, 0.1) is 0 Å². The number of fused-ring (bicyclic) bond motifs is 1. The van der Waals surface area contributed by atoms with Crippen molar-refractivity contribution in [3.8, 4) is 5.75 Å². The van der Waals surface area contributed by atoms with Crippen LogP contribution in [0.2, 0.25) is 5.02 Å². The maximum atomic E-state index is 12.9. The molecule has 5 rings (SSSR count). The van der Waals surface area contributed by atoms with Gasteiger partial charge in [-0.05, 0) is 49.2 Å². The molecule has 2 heterocycles. The summed E-state index contributed by atoms with van der Waals surface area (Å²) >= 11 is 5.95. The molecular formula is C21H19ClN4O5S. The molecule has 0 atom stereocenters. The topological polar surface area (TPSA) is 115 Å². The molecule has 1 saturated carbocycles. The van der Waals surface area contributed by atoms with Crippen LogP contribution in [0.25, 0.3) is 0 Å². The van der Waals surface area contributed by atoms with Gasteiger partial charge in [0.2, 0.25) is 5.89 Å². The van der Waals surface area contributed by atoms with E-state index in [1.165, 1.54) is 29.2 Å². The van der Waals surface area contributed by atoms with Gasteiger partial charge in [0.05, 0.1) is 22.8 Å². The molecule has 1 amide bonds. The summed E-state index contributed by atoms with van der Waals surface area (Å²) in [6.07, 6.45) is 3.17. The van der Waals surface area contributed by atoms with E-state index in [-0.39, 0.29) is 29.9 Å². The first-order valence-electron chi connectivity index (χ1n) is 10.1. The zero-order chi connectivity index (χ0) is 22.3. The second-order valence-corrected chi connectivity index (χ2v) is 9.81. The lowest BCUT2D eigenvalue weighted by atomic mass is 9.85. The Morgan fingerprint density at radius 3 is 2.78 bits per heavy atom. The van der Waals surface area contributed by atoms with E-state index in [1.54, 1.807) is 18.2 Å². The average molecular weight is 475 g/mol. The van der Waals surface area contributed by atoms with Crippen molar-refractivity contribution < 1.29 is 22.5 Å². The number of carbonyl (C=O) groups excluding carboxylic acids is 1. The number of nitrogens with zero attached hydrogens (tertiary/aromatic N) is 3. The Labute approximate surface area is 189 Å². The van der Waals surface area contributed by atoms with Crippen molar-refractivity contribution >= 4 is 38.9 Å². The van der Waals surface area contributed by atoms with Crippen LogP contribution in [0.3, 0.4) is 0 Å². The van der Waals surface area contributed by atoms with Crippen LogP contribution in [-0.2, 0) is 21.4 Å². The molecule has 11 heteroatoms. The van der Waals surface area contributed by atoms with E-state index in [0.29, 0.717) is 33.9 Å². The van der Waals surface area contributed by atoms with Crippen molar-refractivity contribution in [2.45, 2.75) is 36.6 Å². The highest BCUT2D eigenvalue weighted by Gasteiger charge is 2.30. The molecule has 1 aliphatic carbocycles. The summed E-state index contributed by atoms with van der Waals surface area (Å²) in [7, 11) is -3.93. The largest absolute Gasteiger partial charge is 0.482 e. The van der Waals surface area contributed by atoms with Crippen LogP contribution in [-0.4, -0.2) is 31.1 Å². The van der Waals surface area contributed by atoms with Crippen LogP contribution in [0.4, 0.5) is 11.4 Å². The Bertz CT molecular complexity index is 1290. The van der Waals surface area contributed by atoms with Gasteiger partial charge < -0.3 is 9.26 Å². The molecule has 0 radical (unpaired) electrons. The summed E-state index contributed by atoms with van der Waals surface area (Å²) < 4.78 is 39.2. The SMILES string of the molecule is O=C1COc2ccc(S(=O)(=O)Nc3cccc(Cl)c3)cc2N1Cc1noc(C2CCC2)n1. The van der Waals surface area contributed by atoms with E-state index < -0.39 is 10.0 Å². The monoisotopic (exact) mass is 474 g/mol. The minimum atomic E-state index is -3.93. The molecule has 0 saturated heterocycles. The van der Waals surface area contributed by atoms with E-state index in [9.17, 15) is 13.2 Å². The summed E-state index contributed by atoms with van der Waals surface area (Å²) in [5.74, 6) is 1.28. The van der Waals surface area contributed by atoms with E-state index in [0.717, 1.165) is 19.3 Å². The van der Waals surface area contributed by atoms with Gasteiger partial charge in [-0.2, -0.15) is 4.98 Å². The Hall–Kier alpha value is -3.11. The maximum Gasteiger partial charge on any atom is 0.265 e. The van der Waals surface area contributed by atoms with Gasteiger partial charge >= 0.3 is 0 Å². The molecule has 166 valence electrons. The molecule has 3 aromatic rings. The fraction of sp³-hybridized carbons (Fsp3) is 0.286. The highest BCUT2D eigenvalue weighted by Crippen LogP contribution is 2.37. The summed E-state index contributed by atoms with van der Waals surface area (Å²) in [5.41, 5.74) is 0.653. The molecule has 32 heavy (non-hydrogen) atoms. The van der Waals surface area contributed by atoms with Gasteiger partial charge in [0, 0.05) is 10.9 Å². The first kappa shape index (κ1) is 20.8. The molecule has 1 fully saturated rings. The number of halogens is 1. The van der Waals surface area contributed by atoms with Crippen molar-refractivity contribution in [3.63, 3.8) is 0 Å². The van der Waals surface area contributed by atoms with Crippen molar-refractivity contribution in [3.05, 3.63) is 59.2 Å². The van der Waals surface area contributed by atoms with E-state index in [2.05, 4.69) is 14.9 Å². The zero-order valence-electron chi connectivity index (χ0n) is 16.8. The van der Waals surface area contributed by atoms with Crippen LogP contribution < -0.4 is 14.4 Å². The lowest BCUT2D eigenvalue weighted by Gasteiger charge is -2.28. The number of sulfonamides is 1. The number of hydrogen-bond donors (Lipinski definition) is 1. The zero-order valence-corrected chi connectivity index (χ0v) is 18.4. The number of aromatic nitrogens is 2. The Kier molecular flexibility index (Phi) is 5.26. The van der Waals surface area contributed by atoms with E-state index >= 15 is 0 Å². The molecule has 0 bridgehead atoms. The highest BCUT2D eigenvalue weighted by atomic mass is 35.5. The first-order chi connectivity index (χ1) is 15.4. The minimum Gasteiger partial charge on any atom is -0.482 e. The fourth-order valence-electron chi connectivity index (χ4n) is 3.58. The van der Waals surface area contributed by atoms with Crippen LogP contribution in [0.1, 0.15) is 36.9 Å². The third-order valence-electron chi connectivity index (χ3n) is 5.50. The fourth-order valence-corrected chi connectivity index (χ4v) is 4.84. The Balaban J connectivity index is 1.43. The molecule has 2 aromatic carbocycles. The number of hydrogen-bond acceptors (Lipinski definition) is 7. The smallest absolute Gasteiger partial charge is 0.265 e. The molecule has 2 aliphatic rings. The van der Waals surface area contributed by atoms with Gasteiger partial charge in [-0.3, -0.25) is 14.4 Å². The summed E-state index contributed by atoms with van der Waals surface area (Å²) in [4.78, 5) is 18.4.